The van der Waals surface area contributed by atoms with Crippen LogP contribution in [0.15, 0.2) is 42.5 Å². The van der Waals surface area contributed by atoms with Gasteiger partial charge in [0.15, 0.2) is 0 Å². The number of anilines is 1. The summed E-state index contributed by atoms with van der Waals surface area (Å²) in [6.07, 6.45) is 0. The summed E-state index contributed by atoms with van der Waals surface area (Å²) in [5, 5.41) is 12.3. The Balaban J connectivity index is 2.22. The molecule has 2 aromatic carbocycles. The van der Waals surface area contributed by atoms with E-state index >= 15 is 0 Å². The zero-order valence-corrected chi connectivity index (χ0v) is 12.4. The predicted octanol–water partition coefficient (Wildman–Crippen LogP) is 3.59. The number of carbonyl (C=O) groups is 1. The second-order valence-corrected chi connectivity index (χ2v) is 4.96. The van der Waals surface area contributed by atoms with E-state index in [0.717, 1.165) is 0 Å². The fraction of sp³-hybridized carbons (Fsp3) is 0.0625. The number of aliphatic hydroxyl groups is 1. The molecule has 2 rings (SSSR count). The lowest BCUT2D eigenvalue weighted by molar-refractivity contribution is 0.102. The number of carbonyl (C=O) groups excluding carboxylic acids is 1. The summed E-state index contributed by atoms with van der Waals surface area (Å²) in [6, 6.07) is 11.6. The van der Waals surface area contributed by atoms with Crippen molar-refractivity contribution < 1.29 is 9.90 Å². The van der Waals surface area contributed by atoms with Crippen LogP contribution in [0.3, 0.4) is 0 Å². The van der Waals surface area contributed by atoms with Gasteiger partial charge in [-0.2, -0.15) is 0 Å². The van der Waals surface area contributed by atoms with Gasteiger partial charge in [-0.25, -0.2) is 0 Å². The highest BCUT2D eigenvalue weighted by Gasteiger charge is 2.09. The molecule has 0 unspecified atom stereocenters. The maximum atomic E-state index is 12.2. The fourth-order valence-electron chi connectivity index (χ4n) is 1.67. The third-order valence-electron chi connectivity index (χ3n) is 2.61. The Labute approximate surface area is 132 Å². The highest BCUT2D eigenvalue weighted by molar-refractivity contribution is 6.35. The van der Waals surface area contributed by atoms with Crippen molar-refractivity contribution in [2.75, 3.05) is 11.9 Å². The summed E-state index contributed by atoms with van der Waals surface area (Å²) in [6.45, 7) is -0.228. The number of hydrogen-bond acceptors (Lipinski definition) is 2. The largest absolute Gasteiger partial charge is 0.384 e. The van der Waals surface area contributed by atoms with Gasteiger partial charge in [0, 0.05) is 16.1 Å². The highest BCUT2D eigenvalue weighted by atomic mass is 35.5. The van der Waals surface area contributed by atoms with Gasteiger partial charge in [-0.15, -0.1) is 0 Å². The van der Waals surface area contributed by atoms with Crippen molar-refractivity contribution in [1.82, 2.24) is 0 Å². The van der Waals surface area contributed by atoms with Gasteiger partial charge in [0.1, 0.15) is 6.61 Å². The van der Waals surface area contributed by atoms with Crippen molar-refractivity contribution in [3.63, 3.8) is 0 Å². The summed E-state index contributed by atoms with van der Waals surface area (Å²) in [4.78, 5) is 12.2. The fourth-order valence-corrected chi connectivity index (χ4v) is 2.00. The van der Waals surface area contributed by atoms with Gasteiger partial charge in [0.25, 0.3) is 5.91 Å². The first-order valence-electron chi connectivity index (χ1n) is 6.06. The molecule has 0 aliphatic rings. The minimum atomic E-state index is -0.313. The second kappa shape index (κ2) is 7.14. The van der Waals surface area contributed by atoms with Crippen LogP contribution in [0.2, 0.25) is 10.0 Å². The molecule has 2 N–H and O–H groups in total. The molecule has 0 bridgehead atoms. The number of rotatable bonds is 2. The number of amides is 1. The number of nitrogens with one attached hydrogen (secondary N) is 1. The van der Waals surface area contributed by atoms with Gasteiger partial charge in [-0.1, -0.05) is 41.1 Å². The molecule has 1 amide bonds. The molecule has 0 aliphatic carbocycles. The van der Waals surface area contributed by atoms with E-state index in [4.69, 9.17) is 28.3 Å². The minimum absolute atomic E-state index is 0.228. The highest BCUT2D eigenvalue weighted by Crippen LogP contribution is 2.25. The van der Waals surface area contributed by atoms with Gasteiger partial charge in [-0.3, -0.25) is 4.79 Å². The van der Waals surface area contributed by atoms with Crippen LogP contribution in [-0.4, -0.2) is 17.6 Å². The molecule has 3 nitrogen and oxygen atoms in total. The predicted molar refractivity (Wildman–Crippen MR) is 84.8 cm³/mol. The Morgan fingerprint density at radius 3 is 2.76 bits per heavy atom. The molecule has 0 aromatic heterocycles. The van der Waals surface area contributed by atoms with Crippen LogP contribution >= 0.6 is 23.2 Å². The molecule has 0 atom stereocenters. The molecule has 106 valence electrons. The Bertz CT molecular complexity index is 733. The van der Waals surface area contributed by atoms with E-state index in [-0.39, 0.29) is 12.5 Å². The third-order valence-corrected chi connectivity index (χ3v) is 3.18. The molecule has 0 saturated heterocycles. The topological polar surface area (TPSA) is 49.3 Å². The van der Waals surface area contributed by atoms with Crippen LogP contribution < -0.4 is 5.32 Å². The van der Waals surface area contributed by atoms with Crippen molar-refractivity contribution in [2.24, 2.45) is 0 Å². The standard InChI is InChI=1S/C16H11Cl2NO2/c17-13-6-7-14(18)15(10-13)19-16(21)12-5-1-3-11(9-12)4-2-8-20/h1,3,5-7,9-10,20H,8H2,(H,19,21). The maximum absolute atomic E-state index is 12.2. The van der Waals surface area contributed by atoms with Crippen LogP contribution in [0.25, 0.3) is 0 Å². The first-order chi connectivity index (χ1) is 10.1. The Hall–Kier alpha value is -1.99. The lowest BCUT2D eigenvalue weighted by Gasteiger charge is -2.08. The first-order valence-corrected chi connectivity index (χ1v) is 6.82. The van der Waals surface area contributed by atoms with Gasteiger partial charge < -0.3 is 10.4 Å². The second-order valence-electron chi connectivity index (χ2n) is 4.12. The molecule has 21 heavy (non-hydrogen) atoms. The molecule has 2 aromatic rings. The Kier molecular flexibility index (Phi) is 5.24. The number of benzene rings is 2. The summed E-state index contributed by atoms with van der Waals surface area (Å²) in [5.74, 6) is 4.97. The van der Waals surface area contributed by atoms with Crippen LogP contribution in [0, 0.1) is 11.8 Å². The van der Waals surface area contributed by atoms with Gasteiger partial charge >= 0.3 is 0 Å². The summed E-state index contributed by atoms with van der Waals surface area (Å²) < 4.78 is 0. The summed E-state index contributed by atoms with van der Waals surface area (Å²) >= 11 is 11.9. The maximum Gasteiger partial charge on any atom is 0.255 e. The zero-order chi connectivity index (χ0) is 15.2. The molecular formula is C16H11Cl2NO2. The average molecular weight is 320 g/mol. The van der Waals surface area contributed by atoms with E-state index < -0.39 is 0 Å². The number of aliphatic hydroxyl groups excluding tert-OH is 1. The molecule has 0 saturated carbocycles. The molecule has 0 radical (unpaired) electrons. The van der Waals surface area contributed by atoms with Crippen LogP contribution in [0.4, 0.5) is 5.69 Å². The molecule has 5 heteroatoms. The zero-order valence-electron chi connectivity index (χ0n) is 10.9. The quantitative estimate of drug-likeness (QED) is 0.831. The van der Waals surface area contributed by atoms with E-state index in [2.05, 4.69) is 17.2 Å². The first kappa shape index (κ1) is 15.4. The Morgan fingerprint density at radius 2 is 2.00 bits per heavy atom. The summed E-state index contributed by atoms with van der Waals surface area (Å²) in [7, 11) is 0. The van der Waals surface area contributed by atoms with Crippen molar-refractivity contribution in [2.45, 2.75) is 0 Å². The smallest absolute Gasteiger partial charge is 0.255 e. The van der Waals surface area contributed by atoms with Crippen LogP contribution in [-0.2, 0) is 0 Å². The van der Waals surface area contributed by atoms with Crippen molar-refractivity contribution in [1.29, 1.82) is 0 Å². The SMILES string of the molecule is O=C(Nc1cc(Cl)ccc1Cl)c1cccc(C#CCO)c1. The summed E-state index contributed by atoms with van der Waals surface area (Å²) in [5.41, 5.74) is 1.53. The van der Waals surface area contributed by atoms with Crippen molar-refractivity contribution in [3.05, 3.63) is 63.6 Å². The lowest BCUT2D eigenvalue weighted by Crippen LogP contribution is -2.12. The van der Waals surface area contributed by atoms with Crippen LogP contribution in [0.1, 0.15) is 15.9 Å². The molecule has 0 aliphatic heterocycles. The van der Waals surface area contributed by atoms with E-state index in [1.165, 1.54) is 0 Å². The van der Waals surface area contributed by atoms with Gasteiger partial charge in [0.2, 0.25) is 0 Å². The number of hydrogen-bond donors (Lipinski definition) is 2. The van der Waals surface area contributed by atoms with E-state index in [1.807, 2.05) is 0 Å². The van der Waals surface area contributed by atoms with Crippen molar-refractivity contribution >= 4 is 34.8 Å². The molecular weight excluding hydrogens is 309 g/mol. The third kappa shape index (κ3) is 4.24. The van der Waals surface area contributed by atoms with Gasteiger partial charge in [0.05, 0.1) is 10.7 Å². The minimum Gasteiger partial charge on any atom is -0.384 e. The van der Waals surface area contributed by atoms with E-state index in [9.17, 15) is 4.79 Å². The Morgan fingerprint density at radius 1 is 1.19 bits per heavy atom. The monoisotopic (exact) mass is 319 g/mol. The lowest BCUT2D eigenvalue weighted by atomic mass is 10.1. The molecule has 0 heterocycles. The average Bonchev–Trinajstić information content (AvgIpc) is 2.49. The molecule has 0 spiro atoms. The van der Waals surface area contributed by atoms with E-state index in [0.29, 0.717) is 26.9 Å². The normalized spacial score (nSPS) is 9.67. The van der Waals surface area contributed by atoms with Crippen molar-refractivity contribution in [3.8, 4) is 11.8 Å². The molecule has 0 fully saturated rings. The van der Waals surface area contributed by atoms with E-state index in [1.54, 1.807) is 42.5 Å². The van der Waals surface area contributed by atoms with Gasteiger partial charge in [-0.05, 0) is 36.4 Å². The number of halogens is 2. The van der Waals surface area contributed by atoms with Crippen LogP contribution in [0.5, 0.6) is 0 Å².